The molecular weight excluding hydrogens is 420 g/mol. The summed E-state index contributed by atoms with van der Waals surface area (Å²) in [4.78, 5) is 35.5. The predicted octanol–water partition coefficient (Wildman–Crippen LogP) is 3.78. The van der Waals surface area contributed by atoms with Crippen LogP contribution in [0.3, 0.4) is 0 Å². The zero-order valence-corrected chi connectivity index (χ0v) is 19.0. The van der Waals surface area contributed by atoms with Crippen LogP contribution >= 0.6 is 0 Å². The van der Waals surface area contributed by atoms with Crippen molar-refractivity contribution in [2.45, 2.75) is 32.6 Å². The number of nitrogens with one attached hydrogen (secondary N) is 2. The molecule has 0 radical (unpaired) electrons. The third-order valence-electron chi connectivity index (χ3n) is 6.48. The van der Waals surface area contributed by atoms with Crippen LogP contribution in [0.5, 0.6) is 0 Å². The van der Waals surface area contributed by atoms with Crippen LogP contribution in [-0.4, -0.2) is 42.8 Å². The molecule has 0 aliphatic heterocycles. The van der Waals surface area contributed by atoms with Gasteiger partial charge in [-0.2, -0.15) is 0 Å². The quantitative estimate of drug-likeness (QED) is 0.539. The molecule has 0 bridgehead atoms. The SMILES string of the molecule is CC(C)(CNC(=O)[C@H]1C[C@H]1CNC(=O)OCC1c2ccccc2-c2ccccc21)CC(=O)O. The normalized spacial score (nSPS) is 18.7. The van der Waals surface area contributed by atoms with Crippen LogP contribution in [0.4, 0.5) is 4.79 Å². The first kappa shape index (κ1) is 22.8. The molecule has 1 fully saturated rings. The predicted molar refractivity (Wildman–Crippen MR) is 124 cm³/mol. The van der Waals surface area contributed by atoms with Gasteiger partial charge in [0.05, 0.1) is 6.42 Å². The van der Waals surface area contributed by atoms with Crippen molar-refractivity contribution in [1.82, 2.24) is 10.6 Å². The highest BCUT2D eigenvalue weighted by Gasteiger charge is 2.43. The van der Waals surface area contributed by atoms with Gasteiger partial charge in [0.1, 0.15) is 6.61 Å². The Balaban J connectivity index is 1.21. The Kier molecular flexibility index (Phi) is 6.40. The molecule has 2 atom stereocenters. The van der Waals surface area contributed by atoms with Crippen LogP contribution in [-0.2, 0) is 14.3 Å². The van der Waals surface area contributed by atoms with Crippen LogP contribution in [0.25, 0.3) is 11.1 Å². The van der Waals surface area contributed by atoms with Crippen molar-refractivity contribution in [2.75, 3.05) is 19.7 Å². The second-order valence-electron chi connectivity index (χ2n) is 9.76. The molecule has 2 aliphatic rings. The second-order valence-corrected chi connectivity index (χ2v) is 9.76. The standard InChI is InChI=1S/C26H30N2O5/c1-26(2,12-23(29)30)15-28-24(31)21-11-16(21)13-27-25(32)33-14-22-19-9-5-3-7-17(19)18-8-4-6-10-20(18)22/h3-10,16,21-22H,11-15H2,1-2H3,(H,27,32)(H,28,31)(H,29,30)/t16-,21-/m0/s1. The first-order valence-corrected chi connectivity index (χ1v) is 11.3. The molecule has 0 saturated heterocycles. The summed E-state index contributed by atoms with van der Waals surface area (Å²) >= 11 is 0. The molecule has 0 heterocycles. The Morgan fingerprint density at radius 1 is 1.00 bits per heavy atom. The Hall–Kier alpha value is -3.35. The highest BCUT2D eigenvalue weighted by molar-refractivity contribution is 5.82. The maximum absolute atomic E-state index is 12.3. The number of alkyl carbamates (subject to hydrolysis) is 1. The average Bonchev–Trinajstić information content (AvgIpc) is 3.49. The van der Waals surface area contributed by atoms with E-state index in [1.54, 1.807) is 0 Å². The molecule has 3 N–H and O–H groups in total. The largest absolute Gasteiger partial charge is 0.481 e. The van der Waals surface area contributed by atoms with Gasteiger partial charge in [-0.1, -0.05) is 62.4 Å². The fraction of sp³-hybridized carbons (Fsp3) is 0.423. The lowest BCUT2D eigenvalue weighted by Gasteiger charge is -2.22. The molecule has 7 nitrogen and oxygen atoms in total. The number of hydrogen-bond acceptors (Lipinski definition) is 4. The van der Waals surface area contributed by atoms with Gasteiger partial charge >= 0.3 is 12.1 Å². The van der Waals surface area contributed by atoms with Crippen molar-refractivity contribution in [1.29, 1.82) is 0 Å². The van der Waals surface area contributed by atoms with Crippen LogP contribution in [0, 0.1) is 17.3 Å². The fourth-order valence-corrected chi connectivity index (χ4v) is 4.59. The minimum Gasteiger partial charge on any atom is -0.481 e. The number of fused-ring (bicyclic) bond motifs is 3. The van der Waals surface area contributed by atoms with Gasteiger partial charge in [-0.3, -0.25) is 9.59 Å². The molecule has 2 aromatic carbocycles. The Morgan fingerprint density at radius 3 is 2.21 bits per heavy atom. The summed E-state index contributed by atoms with van der Waals surface area (Å²) in [6, 6.07) is 16.4. The molecular formula is C26H30N2O5. The number of amides is 2. The van der Waals surface area contributed by atoms with Gasteiger partial charge in [-0.15, -0.1) is 0 Å². The Morgan fingerprint density at radius 2 is 1.61 bits per heavy atom. The van der Waals surface area contributed by atoms with E-state index in [2.05, 4.69) is 34.9 Å². The molecule has 4 rings (SSSR count). The van der Waals surface area contributed by atoms with Gasteiger partial charge in [-0.25, -0.2) is 4.79 Å². The van der Waals surface area contributed by atoms with E-state index in [1.165, 1.54) is 11.1 Å². The Labute approximate surface area is 193 Å². The number of aliphatic carboxylic acids is 1. The highest BCUT2D eigenvalue weighted by atomic mass is 16.5. The monoisotopic (exact) mass is 450 g/mol. The molecule has 1 saturated carbocycles. The van der Waals surface area contributed by atoms with Crippen molar-refractivity contribution < 1.29 is 24.2 Å². The second kappa shape index (κ2) is 9.25. The Bertz CT molecular complexity index is 1020. The van der Waals surface area contributed by atoms with Crippen molar-refractivity contribution in [3.05, 3.63) is 59.7 Å². The van der Waals surface area contributed by atoms with Gasteiger partial charge in [0, 0.05) is 24.9 Å². The van der Waals surface area contributed by atoms with E-state index in [-0.39, 0.29) is 36.7 Å². The number of carbonyl (C=O) groups is 3. The average molecular weight is 451 g/mol. The van der Waals surface area contributed by atoms with E-state index in [1.807, 2.05) is 38.1 Å². The summed E-state index contributed by atoms with van der Waals surface area (Å²) in [7, 11) is 0. The van der Waals surface area contributed by atoms with Crippen LogP contribution in [0.15, 0.2) is 48.5 Å². The molecule has 2 aliphatic carbocycles. The lowest BCUT2D eigenvalue weighted by molar-refractivity contribution is -0.139. The van der Waals surface area contributed by atoms with E-state index in [0.717, 1.165) is 11.1 Å². The molecule has 0 spiro atoms. The van der Waals surface area contributed by atoms with Gasteiger partial charge in [0.25, 0.3) is 0 Å². The first-order valence-electron chi connectivity index (χ1n) is 11.3. The molecule has 0 aromatic heterocycles. The number of carbonyl (C=O) groups excluding carboxylic acids is 2. The number of carboxylic acids is 1. The maximum Gasteiger partial charge on any atom is 0.407 e. The van der Waals surface area contributed by atoms with Crippen LogP contribution in [0.1, 0.15) is 43.7 Å². The molecule has 7 heteroatoms. The fourth-order valence-electron chi connectivity index (χ4n) is 4.59. The van der Waals surface area contributed by atoms with Crippen LogP contribution < -0.4 is 10.6 Å². The van der Waals surface area contributed by atoms with E-state index in [4.69, 9.17) is 9.84 Å². The van der Waals surface area contributed by atoms with Crippen molar-refractivity contribution >= 4 is 18.0 Å². The van der Waals surface area contributed by atoms with Crippen LogP contribution in [0.2, 0.25) is 0 Å². The summed E-state index contributed by atoms with van der Waals surface area (Å²) in [6.07, 6.45) is 0.213. The summed E-state index contributed by atoms with van der Waals surface area (Å²) in [5, 5.41) is 14.6. The number of benzene rings is 2. The lowest BCUT2D eigenvalue weighted by Crippen LogP contribution is -2.37. The molecule has 2 amide bonds. The zero-order valence-electron chi connectivity index (χ0n) is 19.0. The van der Waals surface area contributed by atoms with Crippen molar-refractivity contribution in [3.8, 4) is 11.1 Å². The lowest BCUT2D eigenvalue weighted by atomic mass is 9.89. The minimum absolute atomic E-state index is 0.00921. The third-order valence-corrected chi connectivity index (χ3v) is 6.48. The minimum atomic E-state index is -0.883. The zero-order chi connectivity index (χ0) is 23.6. The van der Waals surface area contributed by atoms with E-state index < -0.39 is 17.5 Å². The van der Waals surface area contributed by atoms with E-state index >= 15 is 0 Å². The van der Waals surface area contributed by atoms with Gasteiger partial charge in [0.2, 0.25) is 5.91 Å². The summed E-state index contributed by atoms with van der Waals surface area (Å²) < 4.78 is 5.54. The van der Waals surface area contributed by atoms with E-state index in [0.29, 0.717) is 19.5 Å². The van der Waals surface area contributed by atoms with E-state index in [9.17, 15) is 14.4 Å². The summed E-state index contributed by atoms with van der Waals surface area (Å²) in [5.74, 6) is -1.04. The van der Waals surface area contributed by atoms with Crippen molar-refractivity contribution in [3.63, 3.8) is 0 Å². The first-order chi connectivity index (χ1) is 15.7. The number of rotatable bonds is 9. The smallest absolute Gasteiger partial charge is 0.407 e. The highest BCUT2D eigenvalue weighted by Crippen LogP contribution is 2.44. The van der Waals surface area contributed by atoms with Gasteiger partial charge < -0.3 is 20.5 Å². The maximum atomic E-state index is 12.3. The number of carboxylic acid groups (broad SMARTS) is 1. The summed E-state index contributed by atoms with van der Waals surface area (Å²) in [6.45, 7) is 4.57. The van der Waals surface area contributed by atoms with Crippen molar-refractivity contribution in [2.24, 2.45) is 17.3 Å². The summed E-state index contributed by atoms with van der Waals surface area (Å²) in [5.41, 5.74) is 4.18. The molecule has 174 valence electrons. The topological polar surface area (TPSA) is 105 Å². The molecule has 33 heavy (non-hydrogen) atoms. The molecule has 0 unspecified atom stereocenters. The number of ether oxygens (including phenoxy) is 1. The van der Waals surface area contributed by atoms with Gasteiger partial charge in [-0.05, 0) is 40.0 Å². The molecule has 2 aromatic rings. The van der Waals surface area contributed by atoms with Gasteiger partial charge in [0.15, 0.2) is 0 Å². The third kappa shape index (κ3) is 5.35. The number of hydrogen-bond donors (Lipinski definition) is 3.